The molecular formula is C13H13ClN4O2. The number of rotatable bonds is 1. The SMILES string of the molecule is O=C(O)N1CCN(c2cnc3ccc(Cl)nc3c2)CC1. The fourth-order valence-electron chi connectivity index (χ4n) is 2.30. The molecule has 2 aromatic rings. The number of fused-ring (bicyclic) bond motifs is 1. The second-order valence-corrected chi connectivity index (χ2v) is 5.01. The summed E-state index contributed by atoms with van der Waals surface area (Å²) in [6.07, 6.45) is 0.920. The number of nitrogens with zero attached hydrogens (tertiary/aromatic N) is 4. The van der Waals surface area contributed by atoms with Crippen molar-refractivity contribution >= 4 is 34.4 Å². The number of carboxylic acid groups (broad SMARTS) is 1. The molecule has 0 spiro atoms. The number of hydrogen-bond donors (Lipinski definition) is 1. The highest BCUT2D eigenvalue weighted by Crippen LogP contribution is 2.21. The van der Waals surface area contributed by atoms with Crippen molar-refractivity contribution in [3.05, 3.63) is 29.5 Å². The van der Waals surface area contributed by atoms with Crippen LogP contribution in [0.2, 0.25) is 5.15 Å². The Balaban J connectivity index is 1.82. The van der Waals surface area contributed by atoms with Gasteiger partial charge in [0, 0.05) is 26.2 Å². The number of piperazine rings is 1. The smallest absolute Gasteiger partial charge is 0.407 e. The second kappa shape index (κ2) is 5.13. The first-order valence-electron chi connectivity index (χ1n) is 6.28. The lowest BCUT2D eigenvalue weighted by atomic mass is 10.2. The van der Waals surface area contributed by atoms with Crippen LogP contribution in [0.3, 0.4) is 0 Å². The van der Waals surface area contributed by atoms with Gasteiger partial charge in [-0.1, -0.05) is 11.6 Å². The molecule has 0 saturated carbocycles. The zero-order valence-electron chi connectivity index (χ0n) is 10.7. The van der Waals surface area contributed by atoms with Crippen molar-refractivity contribution in [1.29, 1.82) is 0 Å². The molecular weight excluding hydrogens is 280 g/mol. The Morgan fingerprint density at radius 3 is 2.65 bits per heavy atom. The lowest BCUT2D eigenvalue weighted by molar-refractivity contribution is 0.142. The summed E-state index contributed by atoms with van der Waals surface area (Å²) in [4.78, 5) is 23.0. The summed E-state index contributed by atoms with van der Waals surface area (Å²) in [7, 11) is 0. The van der Waals surface area contributed by atoms with Gasteiger partial charge in [-0.15, -0.1) is 0 Å². The largest absolute Gasteiger partial charge is 0.465 e. The van der Waals surface area contributed by atoms with E-state index >= 15 is 0 Å². The third kappa shape index (κ3) is 2.46. The molecule has 3 rings (SSSR count). The normalized spacial score (nSPS) is 15.7. The molecule has 1 amide bonds. The molecule has 1 N–H and O–H groups in total. The monoisotopic (exact) mass is 292 g/mol. The number of anilines is 1. The zero-order valence-corrected chi connectivity index (χ0v) is 11.4. The van der Waals surface area contributed by atoms with E-state index in [1.165, 1.54) is 4.90 Å². The van der Waals surface area contributed by atoms with Crippen molar-refractivity contribution in [2.24, 2.45) is 0 Å². The van der Waals surface area contributed by atoms with Crippen LogP contribution in [0.4, 0.5) is 10.5 Å². The Morgan fingerprint density at radius 2 is 1.95 bits per heavy atom. The van der Waals surface area contributed by atoms with E-state index in [-0.39, 0.29) is 0 Å². The number of aromatic nitrogens is 2. The summed E-state index contributed by atoms with van der Waals surface area (Å²) in [6, 6.07) is 5.48. The summed E-state index contributed by atoms with van der Waals surface area (Å²) in [6.45, 7) is 2.30. The molecule has 0 bridgehead atoms. The molecule has 6 nitrogen and oxygen atoms in total. The Morgan fingerprint density at radius 1 is 1.20 bits per heavy atom. The van der Waals surface area contributed by atoms with Gasteiger partial charge in [0.05, 0.1) is 22.9 Å². The van der Waals surface area contributed by atoms with Crippen molar-refractivity contribution in [2.75, 3.05) is 31.1 Å². The average molecular weight is 293 g/mol. The lowest BCUT2D eigenvalue weighted by Crippen LogP contribution is -2.48. The highest BCUT2D eigenvalue weighted by Gasteiger charge is 2.20. The van der Waals surface area contributed by atoms with Crippen molar-refractivity contribution in [1.82, 2.24) is 14.9 Å². The van der Waals surface area contributed by atoms with Gasteiger partial charge in [-0.3, -0.25) is 4.98 Å². The van der Waals surface area contributed by atoms with E-state index in [1.54, 1.807) is 12.3 Å². The predicted molar refractivity (Wildman–Crippen MR) is 76.4 cm³/mol. The molecule has 2 aromatic heterocycles. The maximum atomic E-state index is 10.9. The molecule has 0 unspecified atom stereocenters. The highest BCUT2D eigenvalue weighted by atomic mass is 35.5. The maximum absolute atomic E-state index is 10.9. The summed E-state index contributed by atoms with van der Waals surface area (Å²) in [5, 5.41) is 9.37. The van der Waals surface area contributed by atoms with Gasteiger partial charge in [0.2, 0.25) is 0 Å². The maximum Gasteiger partial charge on any atom is 0.407 e. The minimum atomic E-state index is -0.866. The van der Waals surface area contributed by atoms with Crippen LogP contribution in [0.1, 0.15) is 0 Å². The van der Waals surface area contributed by atoms with Gasteiger partial charge < -0.3 is 14.9 Å². The fraction of sp³-hybridized carbons (Fsp3) is 0.308. The van der Waals surface area contributed by atoms with Gasteiger partial charge in [-0.05, 0) is 18.2 Å². The van der Waals surface area contributed by atoms with Gasteiger partial charge in [-0.25, -0.2) is 9.78 Å². The minimum absolute atomic E-state index is 0.437. The van der Waals surface area contributed by atoms with Crippen LogP contribution in [-0.4, -0.2) is 52.2 Å². The summed E-state index contributed by atoms with van der Waals surface area (Å²) in [5.41, 5.74) is 2.48. The van der Waals surface area contributed by atoms with Crippen LogP contribution in [0.25, 0.3) is 11.0 Å². The molecule has 0 atom stereocenters. The number of hydrogen-bond acceptors (Lipinski definition) is 4. The molecule has 1 saturated heterocycles. The molecule has 1 aliphatic rings. The van der Waals surface area contributed by atoms with E-state index in [9.17, 15) is 4.79 Å². The van der Waals surface area contributed by atoms with E-state index < -0.39 is 6.09 Å². The minimum Gasteiger partial charge on any atom is -0.465 e. The highest BCUT2D eigenvalue weighted by molar-refractivity contribution is 6.29. The van der Waals surface area contributed by atoms with Crippen LogP contribution >= 0.6 is 11.6 Å². The number of halogens is 1. The van der Waals surface area contributed by atoms with Crippen LogP contribution in [0.5, 0.6) is 0 Å². The predicted octanol–water partition coefficient (Wildman–Crippen LogP) is 2.08. The van der Waals surface area contributed by atoms with Crippen LogP contribution in [0.15, 0.2) is 24.4 Å². The van der Waals surface area contributed by atoms with Gasteiger partial charge in [0.1, 0.15) is 5.15 Å². The molecule has 3 heterocycles. The Labute approximate surface area is 120 Å². The summed E-state index contributed by atoms with van der Waals surface area (Å²) in [5.74, 6) is 0. The molecule has 7 heteroatoms. The van der Waals surface area contributed by atoms with Crippen molar-refractivity contribution in [3.63, 3.8) is 0 Å². The van der Waals surface area contributed by atoms with E-state index in [4.69, 9.17) is 16.7 Å². The van der Waals surface area contributed by atoms with Crippen LogP contribution in [0, 0.1) is 0 Å². The third-order valence-corrected chi connectivity index (χ3v) is 3.61. The molecule has 1 aliphatic heterocycles. The van der Waals surface area contributed by atoms with E-state index in [1.807, 2.05) is 12.1 Å². The molecule has 0 aromatic carbocycles. The zero-order chi connectivity index (χ0) is 14.1. The van der Waals surface area contributed by atoms with Gasteiger partial charge in [-0.2, -0.15) is 0 Å². The first kappa shape index (κ1) is 12.9. The van der Waals surface area contributed by atoms with Crippen molar-refractivity contribution in [2.45, 2.75) is 0 Å². The Bertz CT molecular complexity index is 656. The second-order valence-electron chi connectivity index (χ2n) is 4.62. The van der Waals surface area contributed by atoms with Crippen LogP contribution in [-0.2, 0) is 0 Å². The standard InChI is InChI=1S/C13H13ClN4O2/c14-12-2-1-10-11(16-12)7-9(8-15-10)17-3-5-18(6-4-17)13(19)20/h1-2,7-8H,3-6H2,(H,19,20). The topological polar surface area (TPSA) is 69.6 Å². The van der Waals surface area contributed by atoms with Crippen molar-refractivity contribution < 1.29 is 9.90 Å². The van der Waals surface area contributed by atoms with Crippen LogP contribution < -0.4 is 4.90 Å². The van der Waals surface area contributed by atoms with Gasteiger partial charge in [0.25, 0.3) is 0 Å². The number of carbonyl (C=O) groups is 1. The number of amides is 1. The fourth-order valence-corrected chi connectivity index (χ4v) is 2.45. The Kier molecular flexibility index (Phi) is 3.31. The molecule has 0 aliphatic carbocycles. The molecule has 1 fully saturated rings. The van der Waals surface area contributed by atoms with Crippen molar-refractivity contribution in [3.8, 4) is 0 Å². The Hall–Kier alpha value is -2.08. The summed E-state index contributed by atoms with van der Waals surface area (Å²) >= 11 is 5.89. The first-order chi connectivity index (χ1) is 9.63. The average Bonchev–Trinajstić information content (AvgIpc) is 2.46. The van der Waals surface area contributed by atoms with E-state index in [2.05, 4.69) is 14.9 Å². The lowest BCUT2D eigenvalue weighted by Gasteiger charge is -2.34. The number of pyridine rings is 2. The summed E-state index contributed by atoms with van der Waals surface area (Å²) < 4.78 is 0. The third-order valence-electron chi connectivity index (χ3n) is 3.40. The molecule has 0 radical (unpaired) electrons. The first-order valence-corrected chi connectivity index (χ1v) is 6.66. The molecule has 104 valence electrons. The van der Waals surface area contributed by atoms with Gasteiger partial charge >= 0.3 is 6.09 Å². The van der Waals surface area contributed by atoms with E-state index in [0.29, 0.717) is 31.3 Å². The quantitative estimate of drug-likeness (QED) is 0.815. The van der Waals surface area contributed by atoms with E-state index in [0.717, 1.165) is 16.7 Å². The molecule has 20 heavy (non-hydrogen) atoms. The van der Waals surface area contributed by atoms with Gasteiger partial charge in [0.15, 0.2) is 0 Å².